The van der Waals surface area contributed by atoms with Gasteiger partial charge in [0.05, 0.1) is 6.61 Å². The lowest BCUT2D eigenvalue weighted by atomic mass is 10.2. The lowest BCUT2D eigenvalue weighted by molar-refractivity contribution is -0.189. The summed E-state index contributed by atoms with van der Waals surface area (Å²) in [5.74, 6) is -4.25. The Morgan fingerprint density at radius 3 is 1.94 bits per heavy atom. The van der Waals surface area contributed by atoms with E-state index in [4.69, 9.17) is 18.9 Å². The Hall–Kier alpha value is -2.97. The summed E-state index contributed by atoms with van der Waals surface area (Å²) in [7, 11) is 1.28. The minimum absolute atomic E-state index is 0.0353. The fraction of sp³-hybridized carbons (Fsp3) is 0.417. The van der Waals surface area contributed by atoms with E-state index in [9.17, 15) is 9.59 Å². The van der Waals surface area contributed by atoms with E-state index in [0.717, 1.165) is 5.56 Å². The minimum Gasteiger partial charge on any atom is -0.457 e. The average molecular weight is 448 g/mol. The van der Waals surface area contributed by atoms with Gasteiger partial charge >= 0.3 is 17.9 Å². The molecule has 0 heterocycles. The minimum atomic E-state index is -2.97. The van der Waals surface area contributed by atoms with Gasteiger partial charge in [0.25, 0.3) is 0 Å². The summed E-state index contributed by atoms with van der Waals surface area (Å²) in [6.07, 6.45) is -1.07. The molecule has 0 aliphatic heterocycles. The molecule has 2 rings (SSSR count). The van der Waals surface area contributed by atoms with Gasteiger partial charge in [-0.15, -0.1) is 0 Å². The molecule has 1 atom stereocenters. The second-order valence-corrected chi connectivity index (χ2v) is 8.13. The van der Waals surface area contributed by atoms with Crippen molar-refractivity contribution in [2.24, 2.45) is 0 Å². The average Bonchev–Trinajstić information content (AvgIpc) is 2.75. The maximum atomic E-state index is 16.2. The van der Waals surface area contributed by atoms with Crippen LogP contribution in [0, 0.1) is 0 Å². The molecule has 174 valence electrons. The molecule has 0 saturated carbocycles. The van der Waals surface area contributed by atoms with Gasteiger partial charge in [0.1, 0.15) is 25.5 Å². The summed E-state index contributed by atoms with van der Waals surface area (Å²) in [5.41, 5.74) is 0.537. The Labute approximate surface area is 188 Å². The third-order valence-corrected chi connectivity index (χ3v) is 4.23. The highest BCUT2D eigenvalue weighted by Crippen LogP contribution is 2.25. The van der Waals surface area contributed by atoms with E-state index in [1.807, 2.05) is 24.3 Å². The van der Waals surface area contributed by atoms with Gasteiger partial charge in [-0.3, -0.25) is 0 Å². The Bertz CT molecular complexity index is 856. The topological polar surface area (TPSA) is 74.3 Å². The fourth-order valence-corrected chi connectivity index (χ4v) is 2.70. The van der Waals surface area contributed by atoms with Crippen LogP contribution in [0.3, 0.4) is 0 Å². The number of carbonyl (C=O) groups excluding carboxylic acids is 2. The van der Waals surface area contributed by atoms with Crippen LogP contribution in [-0.2, 0) is 37.0 Å². The number of esters is 1. The molecule has 1 amide bonds. The van der Waals surface area contributed by atoms with Crippen LogP contribution in [0.2, 0.25) is 0 Å². The van der Waals surface area contributed by atoms with E-state index in [2.05, 4.69) is 0 Å². The van der Waals surface area contributed by atoms with Crippen molar-refractivity contribution in [3.63, 3.8) is 0 Å². The first-order valence-corrected chi connectivity index (χ1v) is 10.2. The van der Waals surface area contributed by atoms with Crippen LogP contribution < -0.4 is 0 Å². The monoisotopic (exact) mass is 447 g/mol. The molecule has 7 nitrogen and oxygen atoms in total. The quantitative estimate of drug-likeness (QED) is 0.304. The summed E-state index contributed by atoms with van der Waals surface area (Å²) >= 11 is 0. The molecule has 0 saturated heterocycles. The van der Waals surface area contributed by atoms with Crippen molar-refractivity contribution in [2.45, 2.75) is 45.4 Å². The summed E-state index contributed by atoms with van der Waals surface area (Å²) in [5, 5.41) is 0. The zero-order valence-electron chi connectivity index (χ0n) is 18.9. The number of hydrogen-bond acceptors (Lipinski definition) is 6. The third-order valence-electron chi connectivity index (χ3n) is 4.23. The van der Waals surface area contributed by atoms with Gasteiger partial charge in [-0.25, -0.2) is 18.9 Å². The van der Waals surface area contributed by atoms with Crippen molar-refractivity contribution in [2.75, 3.05) is 20.4 Å². The first-order valence-electron chi connectivity index (χ1n) is 10.2. The van der Waals surface area contributed by atoms with E-state index in [0.29, 0.717) is 10.5 Å². The molecule has 0 bridgehead atoms. The zero-order valence-corrected chi connectivity index (χ0v) is 18.9. The standard InChI is InChI=1S/C24H30FNO6/c1-23(2,3)32-22(28)26(18-29-4)24(25,17-30-15-19-11-7-5-8-12-19)21(27)31-16-20-13-9-6-10-14-20/h5-14H,15-18H2,1-4H3/t24-/m0/s1. The molecule has 0 spiro atoms. The number of nitrogens with zero attached hydrogens (tertiary/aromatic N) is 1. The number of carbonyl (C=O) groups is 2. The molecular formula is C24H30FNO6. The van der Waals surface area contributed by atoms with Crippen LogP contribution in [-0.4, -0.2) is 48.8 Å². The van der Waals surface area contributed by atoms with Gasteiger partial charge in [0.2, 0.25) is 0 Å². The van der Waals surface area contributed by atoms with E-state index in [-0.39, 0.29) is 13.2 Å². The highest BCUT2D eigenvalue weighted by molar-refractivity contribution is 5.84. The number of ether oxygens (including phenoxy) is 4. The number of halogens is 1. The second kappa shape index (κ2) is 11.6. The molecule has 0 aliphatic rings. The predicted molar refractivity (Wildman–Crippen MR) is 116 cm³/mol. The lowest BCUT2D eigenvalue weighted by Crippen LogP contribution is -2.59. The predicted octanol–water partition coefficient (Wildman–Crippen LogP) is 4.45. The van der Waals surface area contributed by atoms with Crippen LogP contribution in [0.5, 0.6) is 0 Å². The van der Waals surface area contributed by atoms with Gasteiger partial charge in [-0.1, -0.05) is 60.7 Å². The molecule has 0 aromatic heterocycles. The molecular weight excluding hydrogens is 417 g/mol. The Morgan fingerprint density at radius 1 is 0.906 bits per heavy atom. The molecule has 0 N–H and O–H groups in total. The van der Waals surface area contributed by atoms with E-state index in [1.165, 1.54) is 7.11 Å². The van der Waals surface area contributed by atoms with Gasteiger partial charge in [0, 0.05) is 7.11 Å². The first-order chi connectivity index (χ1) is 15.2. The summed E-state index contributed by atoms with van der Waals surface area (Å²) in [6, 6.07) is 17.9. The molecule has 0 aliphatic carbocycles. The fourth-order valence-electron chi connectivity index (χ4n) is 2.70. The molecule has 0 fully saturated rings. The largest absolute Gasteiger partial charge is 0.457 e. The van der Waals surface area contributed by atoms with Crippen molar-refractivity contribution in [1.29, 1.82) is 0 Å². The first kappa shape index (κ1) is 25.3. The number of amides is 1. The number of hydrogen-bond donors (Lipinski definition) is 0. The molecule has 0 unspecified atom stereocenters. The third kappa shape index (κ3) is 7.62. The molecule has 8 heteroatoms. The summed E-state index contributed by atoms with van der Waals surface area (Å²) < 4.78 is 37.2. The Kier molecular flexibility index (Phi) is 9.16. The van der Waals surface area contributed by atoms with Crippen LogP contribution in [0.4, 0.5) is 9.18 Å². The normalized spacial score (nSPS) is 13.2. The molecule has 2 aromatic rings. The van der Waals surface area contributed by atoms with Gasteiger partial charge < -0.3 is 18.9 Å². The number of rotatable bonds is 10. The van der Waals surface area contributed by atoms with Crippen molar-refractivity contribution < 1.29 is 32.9 Å². The van der Waals surface area contributed by atoms with Crippen molar-refractivity contribution >= 4 is 12.1 Å². The maximum absolute atomic E-state index is 16.2. The van der Waals surface area contributed by atoms with Crippen molar-refractivity contribution in [1.82, 2.24) is 4.90 Å². The van der Waals surface area contributed by atoms with Crippen LogP contribution in [0.1, 0.15) is 31.9 Å². The van der Waals surface area contributed by atoms with Crippen molar-refractivity contribution in [3.8, 4) is 0 Å². The molecule has 32 heavy (non-hydrogen) atoms. The summed E-state index contributed by atoms with van der Waals surface area (Å²) in [4.78, 5) is 26.2. The lowest BCUT2D eigenvalue weighted by Gasteiger charge is -2.35. The Morgan fingerprint density at radius 2 is 1.44 bits per heavy atom. The smallest absolute Gasteiger partial charge is 0.415 e. The Balaban J connectivity index is 2.22. The van der Waals surface area contributed by atoms with Gasteiger partial charge in [-0.2, -0.15) is 0 Å². The highest BCUT2D eigenvalue weighted by atomic mass is 19.1. The molecule has 0 radical (unpaired) electrons. The second-order valence-electron chi connectivity index (χ2n) is 8.13. The van der Waals surface area contributed by atoms with Crippen molar-refractivity contribution in [3.05, 3.63) is 71.8 Å². The number of methoxy groups -OCH3 is 1. The summed E-state index contributed by atoms with van der Waals surface area (Å²) in [6.45, 7) is 3.46. The van der Waals surface area contributed by atoms with E-state index >= 15 is 4.39 Å². The van der Waals surface area contributed by atoms with Gasteiger partial charge in [0.15, 0.2) is 0 Å². The number of alkyl halides is 1. The zero-order chi connectivity index (χ0) is 23.6. The number of benzene rings is 2. The SMILES string of the molecule is COCN(C(=O)OC(C)(C)C)[C@@](F)(COCc1ccccc1)C(=O)OCc1ccccc1. The highest BCUT2D eigenvalue weighted by Gasteiger charge is 2.51. The van der Waals surface area contributed by atoms with E-state index < -0.39 is 36.8 Å². The van der Waals surface area contributed by atoms with Crippen LogP contribution in [0.25, 0.3) is 0 Å². The van der Waals surface area contributed by atoms with Crippen LogP contribution in [0.15, 0.2) is 60.7 Å². The van der Waals surface area contributed by atoms with Crippen LogP contribution >= 0.6 is 0 Å². The maximum Gasteiger partial charge on any atom is 0.415 e. The van der Waals surface area contributed by atoms with Gasteiger partial charge in [-0.05, 0) is 31.9 Å². The van der Waals surface area contributed by atoms with E-state index in [1.54, 1.807) is 57.2 Å². The molecule has 2 aromatic carbocycles.